The Balaban J connectivity index is 2.17. The predicted octanol–water partition coefficient (Wildman–Crippen LogP) is 0.488. The van der Waals surface area contributed by atoms with Crippen molar-refractivity contribution in [3.63, 3.8) is 0 Å². The van der Waals surface area contributed by atoms with E-state index in [-0.39, 0.29) is 22.8 Å². The summed E-state index contributed by atoms with van der Waals surface area (Å²) in [5.74, 6) is -0.153. The van der Waals surface area contributed by atoms with Crippen LogP contribution in [0.25, 0.3) is 0 Å². The van der Waals surface area contributed by atoms with E-state index >= 15 is 0 Å². The molecule has 0 spiro atoms. The average molecular weight is 301 g/mol. The fourth-order valence-corrected chi connectivity index (χ4v) is 2.53. The second-order valence-electron chi connectivity index (χ2n) is 3.97. The highest BCUT2D eigenvalue weighted by Crippen LogP contribution is 2.15. The fourth-order valence-electron chi connectivity index (χ4n) is 1.50. The second kappa shape index (κ2) is 5.65. The van der Waals surface area contributed by atoms with E-state index in [1.54, 1.807) is 6.92 Å². The summed E-state index contributed by atoms with van der Waals surface area (Å²) in [5, 5.41) is 12.5. The number of nitrogens with one attached hydrogen (secondary N) is 1. The van der Waals surface area contributed by atoms with Gasteiger partial charge in [-0.3, -0.25) is 0 Å². The van der Waals surface area contributed by atoms with Crippen molar-refractivity contribution in [1.29, 1.82) is 0 Å². The minimum absolute atomic E-state index is 0.0942. The largest absolute Gasteiger partial charge is 0.392 e. The van der Waals surface area contributed by atoms with Gasteiger partial charge in [-0.2, -0.15) is 4.98 Å². The number of aliphatic hydroxyl groups is 1. The van der Waals surface area contributed by atoms with Crippen molar-refractivity contribution in [2.45, 2.75) is 25.0 Å². The predicted molar refractivity (Wildman–Crippen MR) is 65.4 cm³/mol. The molecule has 1 aromatic carbocycles. The van der Waals surface area contributed by atoms with Gasteiger partial charge >= 0.3 is 0 Å². The Hall–Kier alpha value is -1.84. The van der Waals surface area contributed by atoms with Gasteiger partial charge in [0.05, 0.1) is 18.0 Å². The number of nitrogens with zero attached hydrogens (tertiary/aromatic N) is 2. The summed E-state index contributed by atoms with van der Waals surface area (Å²) in [5.41, 5.74) is -0.0942. The molecule has 0 saturated carbocycles. The van der Waals surface area contributed by atoms with Crippen LogP contribution in [0.3, 0.4) is 0 Å². The normalized spacial score (nSPS) is 11.8. The molecule has 2 aromatic rings. The van der Waals surface area contributed by atoms with Crippen LogP contribution in [0, 0.1) is 12.7 Å². The van der Waals surface area contributed by atoms with Crippen LogP contribution >= 0.6 is 0 Å². The van der Waals surface area contributed by atoms with Crippen molar-refractivity contribution in [3.05, 3.63) is 41.3 Å². The number of benzene rings is 1. The number of rotatable bonds is 5. The first-order valence-corrected chi connectivity index (χ1v) is 7.09. The third-order valence-corrected chi connectivity index (χ3v) is 3.89. The standard InChI is InChI=1S/C11H12FN3O4S/c1-7-14-11(15-19-7)5-13-20(17,18)9-2-3-10(12)8(4-9)6-16/h2-4,13,16H,5-6H2,1H3. The number of hydrogen-bond acceptors (Lipinski definition) is 6. The molecule has 1 aromatic heterocycles. The molecule has 2 N–H and O–H groups in total. The Bertz CT molecular complexity index is 714. The van der Waals surface area contributed by atoms with Crippen molar-refractivity contribution in [2.24, 2.45) is 0 Å². The number of aromatic nitrogens is 2. The average Bonchev–Trinajstić information content (AvgIpc) is 2.83. The van der Waals surface area contributed by atoms with Crippen molar-refractivity contribution in [1.82, 2.24) is 14.9 Å². The van der Waals surface area contributed by atoms with Crippen LogP contribution in [-0.4, -0.2) is 23.7 Å². The smallest absolute Gasteiger partial charge is 0.240 e. The monoisotopic (exact) mass is 301 g/mol. The lowest BCUT2D eigenvalue weighted by Gasteiger charge is -2.06. The minimum Gasteiger partial charge on any atom is -0.392 e. The molecule has 0 atom stereocenters. The molecule has 0 fully saturated rings. The Morgan fingerprint density at radius 3 is 2.80 bits per heavy atom. The van der Waals surface area contributed by atoms with Gasteiger partial charge in [-0.05, 0) is 18.2 Å². The van der Waals surface area contributed by atoms with Crippen LogP contribution in [0.2, 0.25) is 0 Å². The van der Waals surface area contributed by atoms with Gasteiger partial charge in [-0.1, -0.05) is 5.16 Å². The van der Waals surface area contributed by atoms with Gasteiger partial charge in [-0.25, -0.2) is 17.5 Å². The van der Waals surface area contributed by atoms with E-state index in [2.05, 4.69) is 14.9 Å². The molecule has 0 amide bonds. The van der Waals surface area contributed by atoms with Crippen LogP contribution in [0.1, 0.15) is 17.3 Å². The third-order valence-electron chi connectivity index (χ3n) is 2.49. The summed E-state index contributed by atoms with van der Waals surface area (Å²) in [4.78, 5) is 3.70. The van der Waals surface area contributed by atoms with E-state index in [1.807, 2.05) is 0 Å². The van der Waals surface area contributed by atoms with E-state index in [1.165, 1.54) is 0 Å². The Labute approximate surface area is 114 Å². The SMILES string of the molecule is Cc1nc(CNS(=O)(=O)c2ccc(F)c(CO)c2)no1. The van der Waals surface area contributed by atoms with Crippen LogP contribution in [-0.2, 0) is 23.2 Å². The fraction of sp³-hybridized carbons (Fsp3) is 0.273. The lowest BCUT2D eigenvalue weighted by Crippen LogP contribution is -2.24. The first-order valence-electron chi connectivity index (χ1n) is 5.60. The third kappa shape index (κ3) is 3.18. The molecule has 9 heteroatoms. The van der Waals surface area contributed by atoms with E-state index < -0.39 is 22.4 Å². The van der Waals surface area contributed by atoms with Gasteiger partial charge in [0.15, 0.2) is 5.82 Å². The second-order valence-corrected chi connectivity index (χ2v) is 5.73. The molecule has 0 aliphatic carbocycles. The zero-order valence-corrected chi connectivity index (χ0v) is 11.3. The summed E-state index contributed by atoms with van der Waals surface area (Å²) in [6.07, 6.45) is 0. The molecule has 0 aliphatic heterocycles. The molecule has 0 saturated heterocycles. The molecule has 0 bridgehead atoms. The molecule has 0 unspecified atom stereocenters. The molecule has 0 aliphatic rings. The van der Waals surface area contributed by atoms with Crippen LogP contribution in [0.5, 0.6) is 0 Å². The lowest BCUT2D eigenvalue weighted by molar-refractivity contribution is 0.275. The molecule has 0 radical (unpaired) electrons. The Kier molecular flexibility index (Phi) is 4.12. The summed E-state index contributed by atoms with van der Waals surface area (Å²) < 4.78 is 44.2. The maximum absolute atomic E-state index is 13.2. The highest BCUT2D eigenvalue weighted by Gasteiger charge is 2.17. The maximum atomic E-state index is 13.2. The molecule has 2 rings (SSSR count). The molecular formula is C11H12FN3O4S. The zero-order valence-electron chi connectivity index (χ0n) is 10.5. The first-order chi connectivity index (χ1) is 9.42. The number of sulfonamides is 1. The highest BCUT2D eigenvalue weighted by atomic mass is 32.2. The molecule has 108 valence electrons. The summed E-state index contributed by atoms with van der Waals surface area (Å²) in [6, 6.07) is 3.16. The molecule has 1 heterocycles. The summed E-state index contributed by atoms with van der Waals surface area (Å²) in [6.45, 7) is 0.850. The van der Waals surface area contributed by atoms with Crippen molar-refractivity contribution < 1.29 is 22.4 Å². The van der Waals surface area contributed by atoms with Gasteiger partial charge in [-0.15, -0.1) is 0 Å². The Morgan fingerprint density at radius 2 is 2.20 bits per heavy atom. The number of hydrogen-bond donors (Lipinski definition) is 2. The van der Waals surface area contributed by atoms with Crippen LogP contribution < -0.4 is 4.72 Å². The summed E-state index contributed by atoms with van der Waals surface area (Å²) in [7, 11) is -3.85. The Morgan fingerprint density at radius 1 is 1.45 bits per heavy atom. The molecule has 7 nitrogen and oxygen atoms in total. The summed E-state index contributed by atoms with van der Waals surface area (Å²) >= 11 is 0. The van der Waals surface area contributed by atoms with E-state index in [4.69, 9.17) is 9.63 Å². The van der Waals surface area contributed by atoms with Gasteiger partial charge in [0.25, 0.3) is 0 Å². The molecule has 20 heavy (non-hydrogen) atoms. The van der Waals surface area contributed by atoms with Crippen molar-refractivity contribution in [2.75, 3.05) is 0 Å². The van der Waals surface area contributed by atoms with Gasteiger partial charge in [0.2, 0.25) is 15.9 Å². The zero-order chi connectivity index (χ0) is 14.8. The lowest BCUT2D eigenvalue weighted by atomic mass is 10.2. The minimum atomic E-state index is -3.85. The quantitative estimate of drug-likeness (QED) is 0.832. The van der Waals surface area contributed by atoms with Gasteiger partial charge in [0.1, 0.15) is 5.82 Å². The van der Waals surface area contributed by atoms with Crippen LogP contribution in [0.15, 0.2) is 27.6 Å². The number of aliphatic hydroxyl groups excluding tert-OH is 1. The van der Waals surface area contributed by atoms with Crippen molar-refractivity contribution >= 4 is 10.0 Å². The van der Waals surface area contributed by atoms with E-state index in [0.29, 0.717) is 5.89 Å². The number of aryl methyl sites for hydroxylation is 1. The van der Waals surface area contributed by atoms with Crippen LogP contribution in [0.4, 0.5) is 4.39 Å². The van der Waals surface area contributed by atoms with Gasteiger partial charge < -0.3 is 9.63 Å². The topological polar surface area (TPSA) is 105 Å². The van der Waals surface area contributed by atoms with E-state index in [9.17, 15) is 12.8 Å². The number of halogens is 1. The maximum Gasteiger partial charge on any atom is 0.240 e. The van der Waals surface area contributed by atoms with Gasteiger partial charge in [0, 0.05) is 12.5 Å². The first kappa shape index (κ1) is 14.6. The molecular weight excluding hydrogens is 289 g/mol. The van der Waals surface area contributed by atoms with Crippen molar-refractivity contribution in [3.8, 4) is 0 Å². The van der Waals surface area contributed by atoms with E-state index in [0.717, 1.165) is 18.2 Å². The highest BCUT2D eigenvalue weighted by molar-refractivity contribution is 7.89.